The van der Waals surface area contributed by atoms with Gasteiger partial charge in [0.05, 0.1) is 0 Å². The second kappa shape index (κ2) is 5.51. The number of nitrogens with zero attached hydrogens (tertiary/aromatic N) is 1. The number of hydrogen-bond acceptors (Lipinski definition) is 6. The molecule has 3 rings (SSSR count). The van der Waals surface area contributed by atoms with Gasteiger partial charge in [-0.15, -0.1) is 0 Å². The molecule has 1 saturated heterocycles. The molecule has 1 aliphatic carbocycles. The van der Waals surface area contributed by atoms with Crippen LogP contribution in [-0.4, -0.2) is 41.1 Å². The lowest BCUT2D eigenvalue weighted by Gasteiger charge is -2.33. The second-order valence-corrected chi connectivity index (χ2v) is 7.07. The van der Waals surface area contributed by atoms with Crippen LogP contribution in [0.25, 0.3) is 0 Å². The first-order valence-corrected chi connectivity index (χ1v) is 7.78. The summed E-state index contributed by atoms with van der Waals surface area (Å²) in [7, 11) is 0. The van der Waals surface area contributed by atoms with Gasteiger partial charge in [0.15, 0.2) is 0 Å². The van der Waals surface area contributed by atoms with Gasteiger partial charge in [0, 0.05) is 12.1 Å². The van der Waals surface area contributed by atoms with Gasteiger partial charge >= 0.3 is 12.1 Å². The van der Waals surface area contributed by atoms with Crippen molar-refractivity contribution in [3.05, 3.63) is 29.3 Å². The summed E-state index contributed by atoms with van der Waals surface area (Å²) in [5.74, 6) is -1.69. The first kappa shape index (κ1) is 16.3. The quantitative estimate of drug-likeness (QED) is 0.652. The van der Waals surface area contributed by atoms with E-state index in [1.165, 1.54) is 0 Å². The Bertz CT molecular complexity index is 722. The maximum absolute atomic E-state index is 12.8. The van der Waals surface area contributed by atoms with E-state index in [0.717, 1.165) is 16.0 Å². The van der Waals surface area contributed by atoms with Crippen molar-refractivity contribution in [2.45, 2.75) is 44.8 Å². The maximum atomic E-state index is 12.8. The molecule has 0 bridgehead atoms. The first-order chi connectivity index (χ1) is 11.2. The summed E-state index contributed by atoms with van der Waals surface area (Å²) in [5, 5.41) is 0. The first-order valence-electron chi connectivity index (χ1n) is 7.78. The molecule has 1 aromatic rings. The van der Waals surface area contributed by atoms with Gasteiger partial charge in [-0.2, -0.15) is 0 Å². The van der Waals surface area contributed by atoms with Crippen molar-refractivity contribution in [3.63, 3.8) is 0 Å². The van der Waals surface area contributed by atoms with Crippen molar-refractivity contribution in [1.29, 1.82) is 0 Å². The Labute approximate surface area is 139 Å². The van der Waals surface area contributed by atoms with Crippen molar-refractivity contribution < 1.29 is 23.9 Å². The SMILES string of the molecule is CC(C)(C)OC(=O)CN1C(=O)OC2Cc3cc(N)ccc3[C@@H]2C1=O. The van der Waals surface area contributed by atoms with E-state index in [1.54, 1.807) is 39.0 Å². The van der Waals surface area contributed by atoms with Crippen molar-refractivity contribution in [2.75, 3.05) is 12.3 Å². The fraction of sp³-hybridized carbons (Fsp3) is 0.471. The molecule has 24 heavy (non-hydrogen) atoms. The van der Waals surface area contributed by atoms with Gasteiger partial charge in [-0.05, 0) is 44.0 Å². The summed E-state index contributed by atoms with van der Waals surface area (Å²) in [5.41, 5.74) is 7.36. The van der Waals surface area contributed by atoms with Crippen LogP contribution in [0.3, 0.4) is 0 Å². The van der Waals surface area contributed by atoms with Crippen LogP contribution in [0, 0.1) is 0 Å². The van der Waals surface area contributed by atoms with Crippen molar-refractivity contribution in [2.24, 2.45) is 0 Å². The average molecular weight is 332 g/mol. The van der Waals surface area contributed by atoms with Gasteiger partial charge in [-0.1, -0.05) is 6.07 Å². The van der Waals surface area contributed by atoms with Crippen LogP contribution in [0.2, 0.25) is 0 Å². The van der Waals surface area contributed by atoms with Crippen molar-refractivity contribution in [3.8, 4) is 0 Å². The van der Waals surface area contributed by atoms with Crippen LogP contribution >= 0.6 is 0 Å². The third kappa shape index (κ3) is 2.93. The molecule has 0 radical (unpaired) electrons. The van der Waals surface area contributed by atoms with Gasteiger partial charge in [0.1, 0.15) is 24.2 Å². The predicted molar refractivity (Wildman–Crippen MR) is 85.1 cm³/mol. The molecule has 1 fully saturated rings. The normalized spacial score (nSPS) is 22.7. The zero-order valence-corrected chi connectivity index (χ0v) is 13.9. The zero-order valence-electron chi connectivity index (χ0n) is 13.9. The van der Waals surface area contributed by atoms with E-state index in [1.807, 2.05) is 0 Å². The molecule has 2 aliphatic rings. The summed E-state index contributed by atoms with van der Waals surface area (Å²) in [6, 6.07) is 5.27. The van der Waals surface area contributed by atoms with Crippen LogP contribution in [0.15, 0.2) is 18.2 Å². The number of esters is 1. The number of carbonyl (C=O) groups is 3. The van der Waals surface area contributed by atoms with Crippen LogP contribution < -0.4 is 5.73 Å². The number of carbonyl (C=O) groups excluding carboxylic acids is 3. The van der Waals surface area contributed by atoms with Gasteiger partial charge in [-0.3, -0.25) is 9.59 Å². The van der Waals surface area contributed by atoms with E-state index in [4.69, 9.17) is 15.2 Å². The molecule has 128 valence electrons. The molecule has 0 spiro atoms. The lowest BCUT2D eigenvalue weighted by molar-refractivity contribution is -0.160. The van der Waals surface area contributed by atoms with E-state index >= 15 is 0 Å². The van der Waals surface area contributed by atoms with E-state index in [0.29, 0.717) is 12.1 Å². The maximum Gasteiger partial charge on any atom is 0.417 e. The molecule has 0 saturated carbocycles. The number of imide groups is 1. The van der Waals surface area contributed by atoms with E-state index in [-0.39, 0.29) is 0 Å². The molecule has 2 N–H and O–H groups in total. The van der Waals surface area contributed by atoms with Gasteiger partial charge in [-0.25, -0.2) is 9.69 Å². The number of fused-ring (bicyclic) bond motifs is 3. The summed E-state index contributed by atoms with van der Waals surface area (Å²) in [4.78, 5) is 37.6. The Hall–Kier alpha value is -2.57. The highest BCUT2D eigenvalue weighted by Crippen LogP contribution is 2.40. The van der Waals surface area contributed by atoms with E-state index in [9.17, 15) is 14.4 Å². The van der Waals surface area contributed by atoms with Crippen LogP contribution in [-0.2, 0) is 25.5 Å². The number of rotatable bonds is 2. The smallest absolute Gasteiger partial charge is 0.417 e. The molecule has 1 aromatic carbocycles. The Morgan fingerprint density at radius 2 is 2.08 bits per heavy atom. The molecule has 7 nitrogen and oxygen atoms in total. The lowest BCUT2D eigenvalue weighted by atomic mass is 9.97. The fourth-order valence-electron chi connectivity index (χ4n) is 3.14. The highest BCUT2D eigenvalue weighted by atomic mass is 16.6. The highest BCUT2D eigenvalue weighted by molar-refractivity contribution is 6.01. The lowest BCUT2D eigenvalue weighted by Crippen LogP contribution is -2.52. The number of benzene rings is 1. The molecular weight excluding hydrogens is 312 g/mol. The largest absolute Gasteiger partial charge is 0.459 e. The number of nitrogen functional groups attached to an aromatic ring is 1. The minimum Gasteiger partial charge on any atom is -0.459 e. The molecule has 1 aliphatic heterocycles. The molecule has 7 heteroatoms. The number of hydrogen-bond donors (Lipinski definition) is 1. The number of amides is 2. The Morgan fingerprint density at radius 1 is 1.38 bits per heavy atom. The molecule has 0 aromatic heterocycles. The molecule has 2 atom stereocenters. The van der Waals surface area contributed by atoms with Crippen LogP contribution in [0.1, 0.15) is 37.8 Å². The third-order valence-electron chi connectivity index (χ3n) is 4.01. The molecule has 1 unspecified atom stereocenters. The predicted octanol–water partition coefficient (Wildman–Crippen LogP) is 1.60. The summed E-state index contributed by atoms with van der Waals surface area (Å²) in [6.45, 7) is 4.70. The second-order valence-electron chi connectivity index (χ2n) is 7.07. The monoisotopic (exact) mass is 332 g/mol. The van der Waals surface area contributed by atoms with Crippen LogP contribution in [0.4, 0.5) is 10.5 Å². The molecule has 1 heterocycles. The zero-order chi connectivity index (χ0) is 17.6. The molecular formula is C17H20N2O5. The van der Waals surface area contributed by atoms with Crippen LogP contribution in [0.5, 0.6) is 0 Å². The van der Waals surface area contributed by atoms with Crippen molar-refractivity contribution in [1.82, 2.24) is 4.90 Å². The fourth-order valence-corrected chi connectivity index (χ4v) is 3.14. The number of ether oxygens (including phenoxy) is 2. The Balaban J connectivity index is 1.82. The van der Waals surface area contributed by atoms with E-state index in [2.05, 4.69) is 0 Å². The minimum atomic E-state index is -0.812. The minimum absolute atomic E-state index is 0.439. The highest BCUT2D eigenvalue weighted by Gasteiger charge is 2.49. The standard InChI is InChI=1S/C17H20N2O5/c1-17(2,3)24-13(20)8-19-15(21)14-11-5-4-10(18)6-9(11)7-12(14)23-16(19)22/h4-6,12,14H,7-8,18H2,1-3H3/t12?,14-/m0/s1. The summed E-state index contributed by atoms with van der Waals surface area (Å²) < 4.78 is 10.5. The summed E-state index contributed by atoms with van der Waals surface area (Å²) in [6.07, 6.45) is -0.910. The Kier molecular flexibility index (Phi) is 3.74. The van der Waals surface area contributed by atoms with Gasteiger partial charge in [0.25, 0.3) is 0 Å². The number of nitrogens with two attached hydrogens (primary N) is 1. The Morgan fingerprint density at radius 3 is 2.75 bits per heavy atom. The van der Waals surface area contributed by atoms with Gasteiger partial charge < -0.3 is 15.2 Å². The van der Waals surface area contributed by atoms with Gasteiger partial charge in [0.2, 0.25) is 5.91 Å². The van der Waals surface area contributed by atoms with E-state index < -0.39 is 42.1 Å². The summed E-state index contributed by atoms with van der Waals surface area (Å²) >= 11 is 0. The topological polar surface area (TPSA) is 98.9 Å². The van der Waals surface area contributed by atoms with Crippen molar-refractivity contribution >= 4 is 23.7 Å². The average Bonchev–Trinajstić information content (AvgIpc) is 2.78. The molecule has 2 amide bonds. The third-order valence-corrected chi connectivity index (χ3v) is 4.01. The number of anilines is 1.